The first kappa shape index (κ1) is 17.9. The number of aromatic nitrogens is 3. The summed E-state index contributed by atoms with van der Waals surface area (Å²) in [5.41, 5.74) is 1.74. The van der Waals surface area contributed by atoms with E-state index in [0.29, 0.717) is 17.3 Å². The molecule has 1 amide bonds. The topological polar surface area (TPSA) is 69.9 Å². The molecule has 0 unspecified atom stereocenters. The van der Waals surface area contributed by atoms with Crippen molar-refractivity contribution in [1.29, 1.82) is 0 Å². The standard InChI is InChI=1S/C19H18N4O2S2/c1-3-7-15(24)22-13-9-5-4-8-12(13)16-17(25)20-19(26-2)21-23(16)18(22)14-10-6-11-27-14/h4-6,8-11,18H,3,7H2,1-2H3/p+1/t18-/m0/s1. The molecule has 138 valence electrons. The monoisotopic (exact) mass is 399 g/mol. The first-order valence-corrected chi connectivity index (χ1v) is 10.8. The number of fused-ring (bicyclic) bond motifs is 3. The Labute approximate surface area is 164 Å². The van der Waals surface area contributed by atoms with Crippen molar-refractivity contribution >= 4 is 34.7 Å². The summed E-state index contributed by atoms with van der Waals surface area (Å²) in [6.07, 6.45) is 2.58. The molecule has 0 bridgehead atoms. The van der Waals surface area contributed by atoms with Crippen molar-refractivity contribution in [3.8, 4) is 11.3 Å². The van der Waals surface area contributed by atoms with Crippen molar-refractivity contribution in [2.75, 3.05) is 11.2 Å². The molecule has 1 aromatic carbocycles. The molecule has 1 N–H and O–H groups in total. The molecule has 1 atom stereocenters. The Kier molecular flexibility index (Phi) is 4.84. The number of thiophene rings is 1. The molecular formula is C19H19N4O2S2+. The van der Waals surface area contributed by atoms with Crippen LogP contribution < -0.4 is 15.1 Å². The third kappa shape index (κ3) is 2.98. The zero-order valence-electron chi connectivity index (χ0n) is 15.0. The number of aromatic amines is 1. The summed E-state index contributed by atoms with van der Waals surface area (Å²) >= 11 is 2.92. The normalized spacial score (nSPS) is 15.3. The van der Waals surface area contributed by atoms with Gasteiger partial charge < -0.3 is 0 Å². The highest BCUT2D eigenvalue weighted by atomic mass is 32.2. The van der Waals surface area contributed by atoms with Crippen LogP contribution in [0, 0.1) is 0 Å². The zero-order valence-corrected chi connectivity index (χ0v) is 16.6. The highest BCUT2D eigenvalue weighted by Crippen LogP contribution is 2.38. The lowest BCUT2D eigenvalue weighted by Crippen LogP contribution is -2.60. The molecule has 0 aliphatic carbocycles. The SMILES string of the molecule is CCCC(=O)N1c2ccccc2-c2c(=O)[nH]c(SC)n[n+]2[C@H]1c1cccs1. The summed E-state index contributed by atoms with van der Waals surface area (Å²) in [5.74, 6) is 0.0225. The van der Waals surface area contributed by atoms with Crippen LogP contribution in [-0.2, 0) is 4.79 Å². The average molecular weight is 400 g/mol. The molecule has 0 saturated heterocycles. The second-order valence-electron chi connectivity index (χ2n) is 6.18. The van der Waals surface area contributed by atoms with Crippen LogP contribution in [0.1, 0.15) is 30.8 Å². The van der Waals surface area contributed by atoms with Gasteiger partial charge in [0, 0.05) is 11.5 Å². The molecule has 0 saturated carbocycles. The average Bonchev–Trinajstić information content (AvgIpc) is 3.20. The predicted molar refractivity (Wildman–Crippen MR) is 107 cm³/mol. The molecule has 1 aliphatic rings. The summed E-state index contributed by atoms with van der Waals surface area (Å²) in [6.45, 7) is 1.99. The quantitative estimate of drug-likeness (QED) is 0.540. The maximum atomic E-state index is 13.1. The van der Waals surface area contributed by atoms with Crippen LogP contribution in [0.4, 0.5) is 5.69 Å². The van der Waals surface area contributed by atoms with Crippen molar-refractivity contribution in [3.63, 3.8) is 0 Å². The fourth-order valence-electron chi connectivity index (χ4n) is 3.36. The summed E-state index contributed by atoms with van der Waals surface area (Å²) in [5, 5.41) is 7.15. The van der Waals surface area contributed by atoms with Crippen LogP contribution in [0.3, 0.4) is 0 Å². The van der Waals surface area contributed by atoms with Crippen molar-refractivity contribution < 1.29 is 9.48 Å². The Balaban J connectivity index is 2.05. The molecule has 1 aliphatic heterocycles. The van der Waals surface area contributed by atoms with Gasteiger partial charge in [0.15, 0.2) is 0 Å². The molecule has 6 nitrogen and oxygen atoms in total. The molecule has 8 heteroatoms. The molecule has 27 heavy (non-hydrogen) atoms. The van der Waals surface area contributed by atoms with Gasteiger partial charge in [0.2, 0.25) is 11.1 Å². The van der Waals surface area contributed by atoms with Gasteiger partial charge in [-0.3, -0.25) is 14.6 Å². The molecular weight excluding hydrogens is 380 g/mol. The largest absolute Gasteiger partial charge is 0.325 e. The maximum Gasteiger partial charge on any atom is 0.325 e. The number of amides is 1. The van der Waals surface area contributed by atoms with Crippen LogP contribution in [0.5, 0.6) is 0 Å². The van der Waals surface area contributed by atoms with E-state index in [1.165, 1.54) is 11.8 Å². The number of benzene rings is 1. The zero-order chi connectivity index (χ0) is 19.0. The minimum absolute atomic E-state index is 0.0225. The third-order valence-corrected chi connectivity index (χ3v) is 5.96. The summed E-state index contributed by atoms with van der Waals surface area (Å²) < 4.78 is 1.70. The fourth-order valence-corrected chi connectivity index (χ4v) is 4.53. The lowest BCUT2D eigenvalue weighted by molar-refractivity contribution is -0.762. The Hall–Kier alpha value is -2.45. The second-order valence-corrected chi connectivity index (χ2v) is 7.95. The number of hydrogen-bond donors (Lipinski definition) is 1. The molecule has 4 rings (SSSR count). The predicted octanol–water partition coefficient (Wildman–Crippen LogP) is 3.20. The van der Waals surface area contributed by atoms with E-state index in [-0.39, 0.29) is 11.5 Å². The van der Waals surface area contributed by atoms with E-state index in [0.717, 1.165) is 22.5 Å². The molecule has 0 spiro atoms. The Morgan fingerprint density at radius 2 is 2.15 bits per heavy atom. The van der Waals surface area contributed by atoms with Gasteiger partial charge in [-0.05, 0) is 40.9 Å². The number of nitrogens with zero attached hydrogens (tertiary/aromatic N) is 3. The van der Waals surface area contributed by atoms with E-state index < -0.39 is 6.17 Å². The van der Waals surface area contributed by atoms with Gasteiger partial charge >= 0.3 is 17.4 Å². The summed E-state index contributed by atoms with van der Waals surface area (Å²) in [6, 6.07) is 11.5. The minimum atomic E-state index is -0.470. The van der Waals surface area contributed by atoms with E-state index in [1.54, 1.807) is 20.9 Å². The van der Waals surface area contributed by atoms with Crippen LogP contribution in [0.25, 0.3) is 11.3 Å². The van der Waals surface area contributed by atoms with E-state index in [2.05, 4.69) is 10.1 Å². The number of rotatable bonds is 4. The Morgan fingerprint density at radius 1 is 1.33 bits per heavy atom. The van der Waals surface area contributed by atoms with Gasteiger partial charge in [0.05, 0.1) is 16.1 Å². The molecule has 3 aromatic rings. The van der Waals surface area contributed by atoms with Gasteiger partial charge in [-0.25, -0.2) is 4.90 Å². The highest BCUT2D eigenvalue weighted by molar-refractivity contribution is 7.98. The van der Waals surface area contributed by atoms with Crippen LogP contribution >= 0.6 is 23.1 Å². The summed E-state index contributed by atoms with van der Waals surface area (Å²) in [4.78, 5) is 31.6. The number of hydrogen-bond acceptors (Lipinski definition) is 5. The van der Waals surface area contributed by atoms with Gasteiger partial charge in [-0.2, -0.15) is 0 Å². The number of H-pyrrole nitrogens is 1. The first-order valence-electron chi connectivity index (χ1n) is 8.70. The smallest absolute Gasteiger partial charge is 0.291 e. The van der Waals surface area contributed by atoms with Crippen LogP contribution in [0.15, 0.2) is 51.7 Å². The van der Waals surface area contributed by atoms with Crippen molar-refractivity contribution in [1.82, 2.24) is 10.1 Å². The van der Waals surface area contributed by atoms with Crippen molar-refractivity contribution in [2.24, 2.45) is 0 Å². The molecule has 0 fully saturated rings. The molecule has 3 heterocycles. The van der Waals surface area contributed by atoms with E-state index in [4.69, 9.17) is 0 Å². The maximum absolute atomic E-state index is 13.1. The summed E-state index contributed by atoms with van der Waals surface area (Å²) in [7, 11) is 0. The van der Waals surface area contributed by atoms with E-state index >= 15 is 0 Å². The van der Waals surface area contributed by atoms with Gasteiger partial charge in [0.25, 0.3) is 0 Å². The van der Waals surface area contributed by atoms with Crippen molar-refractivity contribution in [2.45, 2.75) is 31.1 Å². The lowest BCUT2D eigenvalue weighted by atomic mass is 10.0. The van der Waals surface area contributed by atoms with Gasteiger partial charge in [0.1, 0.15) is 0 Å². The number of thioether (sulfide) groups is 1. The number of nitrogens with one attached hydrogen (secondary N) is 1. The number of anilines is 1. The van der Waals surface area contributed by atoms with Gasteiger partial charge in [-0.15, -0.1) is 11.3 Å². The number of carbonyl (C=O) groups is 1. The minimum Gasteiger partial charge on any atom is -0.291 e. The number of carbonyl (C=O) groups excluding carboxylic acids is 1. The fraction of sp³-hybridized carbons (Fsp3) is 0.263. The molecule has 2 aromatic heterocycles. The highest BCUT2D eigenvalue weighted by Gasteiger charge is 2.45. The van der Waals surface area contributed by atoms with Crippen LogP contribution in [0.2, 0.25) is 0 Å². The van der Waals surface area contributed by atoms with Gasteiger partial charge in [-0.1, -0.05) is 36.9 Å². The Bertz CT molecular complexity index is 1050. The van der Waals surface area contributed by atoms with Crippen molar-refractivity contribution in [3.05, 3.63) is 57.0 Å². The number of para-hydroxylation sites is 1. The van der Waals surface area contributed by atoms with E-state index in [9.17, 15) is 9.59 Å². The third-order valence-electron chi connectivity index (χ3n) is 4.48. The van der Waals surface area contributed by atoms with Crippen LogP contribution in [-0.4, -0.2) is 22.2 Å². The lowest BCUT2D eigenvalue weighted by Gasteiger charge is -2.31. The first-order chi connectivity index (χ1) is 13.2. The second kappa shape index (κ2) is 7.28. The van der Waals surface area contributed by atoms with E-state index in [1.807, 2.05) is 55.0 Å². The molecule has 0 radical (unpaired) electrons. The Morgan fingerprint density at radius 3 is 2.85 bits per heavy atom.